The molecule has 0 aliphatic heterocycles. The summed E-state index contributed by atoms with van der Waals surface area (Å²) in [7, 11) is 0. The first kappa shape index (κ1) is 45.8. The van der Waals surface area contributed by atoms with Gasteiger partial charge in [0.05, 0.1) is 0 Å². The van der Waals surface area contributed by atoms with Crippen LogP contribution in [0.5, 0.6) is 0 Å². The van der Waals surface area contributed by atoms with Crippen molar-refractivity contribution in [1.82, 2.24) is 0 Å². The molecule has 0 heterocycles. The molecular formula is C32H47Ni3O2-5. The van der Waals surface area contributed by atoms with E-state index in [1.807, 2.05) is 0 Å². The molecule has 0 spiro atoms. The Bertz CT molecular complexity index is 703. The van der Waals surface area contributed by atoms with Gasteiger partial charge in [0.1, 0.15) is 0 Å². The molecule has 0 unspecified atom stereocenters. The van der Waals surface area contributed by atoms with Crippen LogP contribution in [0.15, 0.2) is 0 Å². The van der Waals surface area contributed by atoms with E-state index in [1.54, 1.807) is 0 Å². The van der Waals surface area contributed by atoms with Crippen LogP contribution in [-0.4, -0.2) is 13.6 Å². The van der Waals surface area contributed by atoms with Crippen LogP contribution >= 0.6 is 0 Å². The van der Waals surface area contributed by atoms with E-state index in [0.717, 1.165) is 0 Å². The molecule has 3 aromatic carbocycles. The first-order valence-electron chi connectivity index (χ1n) is 11.7. The molecule has 0 atom stereocenters. The van der Waals surface area contributed by atoms with Gasteiger partial charge in [-0.3, -0.25) is 13.6 Å². The second-order valence-electron chi connectivity index (χ2n) is 9.38. The van der Waals surface area contributed by atoms with Crippen LogP contribution in [0.4, 0.5) is 0 Å². The van der Waals surface area contributed by atoms with Crippen molar-refractivity contribution in [2.24, 2.45) is 0 Å². The van der Waals surface area contributed by atoms with E-state index >= 15 is 0 Å². The van der Waals surface area contributed by atoms with Gasteiger partial charge < -0.3 is 9.59 Å². The minimum absolute atomic E-state index is 0. The summed E-state index contributed by atoms with van der Waals surface area (Å²) in [5.41, 5.74) is 22.0. The summed E-state index contributed by atoms with van der Waals surface area (Å²) in [6.45, 7) is 39.5. The molecule has 37 heavy (non-hydrogen) atoms. The van der Waals surface area contributed by atoms with E-state index in [-0.39, 0.29) is 49.5 Å². The standard InChI is InChI=1S/3C10H15.2CHO.3Ni/c3*1-6-7(2)9(4)10(5)8(6)3;2*1-2;;;/h3*1-5H3;2*1H;;;/q5*-1;;;. The average Bonchev–Trinajstić information content (AvgIpc) is 3.22. The Labute approximate surface area is 258 Å². The third-order valence-corrected chi connectivity index (χ3v) is 8.44. The summed E-state index contributed by atoms with van der Waals surface area (Å²) >= 11 is 0. The number of hydrogen-bond donors (Lipinski definition) is 0. The van der Waals surface area contributed by atoms with Crippen molar-refractivity contribution in [1.29, 1.82) is 0 Å². The molecule has 2 nitrogen and oxygen atoms in total. The van der Waals surface area contributed by atoms with Crippen molar-refractivity contribution in [3.8, 4) is 0 Å². The zero-order valence-corrected chi connectivity index (χ0v) is 28.4. The number of carbonyl (C=O) groups excluding carboxylic acids is 2. The molecule has 0 radical (unpaired) electrons. The van der Waals surface area contributed by atoms with E-state index in [9.17, 15) is 0 Å². The minimum Gasteiger partial charge on any atom is -0.545 e. The van der Waals surface area contributed by atoms with Gasteiger partial charge in [-0.1, -0.05) is 104 Å². The SMILES string of the molecule is Cc1c(C)c(C)[c-](C)c1C.Cc1c(C)c(C)[c-](C)c1C.Cc1c(C)c(C)[c-](C)c1C.[CH-]=O.[CH-]=O.[Ni].[Ni].[Ni]. The molecule has 3 rings (SSSR count). The Balaban J connectivity index is -0.000000125. The van der Waals surface area contributed by atoms with Gasteiger partial charge in [0, 0.05) is 49.5 Å². The Morgan fingerprint density at radius 1 is 0.324 bits per heavy atom. The van der Waals surface area contributed by atoms with Crippen molar-refractivity contribution in [3.63, 3.8) is 0 Å². The second-order valence-corrected chi connectivity index (χ2v) is 9.38. The fraction of sp³-hybridized carbons (Fsp3) is 0.469. The molecule has 0 saturated heterocycles. The Morgan fingerprint density at radius 2 is 0.405 bits per heavy atom. The van der Waals surface area contributed by atoms with E-state index < -0.39 is 0 Å². The first-order chi connectivity index (χ1) is 15.7. The molecule has 0 amide bonds. The van der Waals surface area contributed by atoms with Crippen molar-refractivity contribution in [2.75, 3.05) is 0 Å². The quantitative estimate of drug-likeness (QED) is 0.141. The predicted molar refractivity (Wildman–Crippen MR) is 151 cm³/mol. The van der Waals surface area contributed by atoms with Crippen LogP contribution in [0.1, 0.15) is 83.5 Å². The van der Waals surface area contributed by atoms with Gasteiger partial charge in [0.15, 0.2) is 0 Å². The topological polar surface area (TPSA) is 34.1 Å². The molecule has 0 aliphatic carbocycles. The maximum atomic E-state index is 7.75. The van der Waals surface area contributed by atoms with Crippen LogP contribution in [0, 0.1) is 104 Å². The fourth-order valence-corrected chi connectivity index (χ4v) is 4.22. The van der Waals surface area contributed by atoms with Crippen LogP contribution in [0.3, 0.4) is 0 Å². The molecule has 0 N–H and O–H groups in total. The van der Waals surface area contributed by atoms with Crippen molar-refractivity contribution < 1.29 is 59.1 Å². The number of hydrogen-bond acceptors (Lipinski definition) is 2. The molecule has 0 aromatic heterocycles. The monoisotopic (exact) mass is 637 g/mol. The van der Waals surface area contributed by atoms with Crippen LogP contribution in [-0.2, 0) is 59.1 Å². The first-order valence-corrected chi connectivity index (χ1v) is 11.7. The van der Waals surface area contributed by atoms with Gasteiger partial charge in [0.25, 0.3) is 0 Å². The van der Waals surface area contributed by atoms with Crippen molar-refractivity contribution in [2.45, 2.75) is 104 Å². The molecule has 0 fully saturated rings. The van der Waals surface area contributed by atoms with Gasteiger partial charge in [0.2, 0.25) is 0 Å². The van der Waals surface area contributed by atoms with Gasteiger partial charge in [-0.05, 0) is 0 Å². The van der Waals surface area contributed by atoms with Crippen LogP contribution < -0.4 is 0 Å². The van der Waals surface area contributed by atoms with E-state index in [1.165, 1.54) is 83.5 Å². The molecule has 0 saturated carbocycles. The van der Waals surface area contributed by atoms with E-state index in [4.69, 9.17) is 9.59 Å². The minimum atomic E-state index is 0. The average molecular weight is 640 g/mol. The van der Waals surface area contributed by atoms with Crippen LogP contribution in [0.2, 0.25) is 0 Å². The Hall–Kier alpha value is -1.13. The fourth-order valence-electron chi connectivity index (χ4n) is 4.22. The van der Waals surface area contributed by atoms with Crippen LogP contribution in [0.25, 0.3) is 0 Å². The maximum Gasteiger partial charge on any atom is 0 e. The summed E-state index contributed by atoms with van der Waals surface area (Å²) in [5.74, 6) is 0. The van der Waals surface area contributed by atoms with Gasteiger partial charge in [-0.2, -0.15) is 83.5 Å². The summed E-state index contributed by atoms with van der Waals surface area (Å²) in [6.07, 6.45) is 0. The third kappa shape index (κ3) is 10.9. The predicted octanol–water partition coefficient (Wildman–Crippen LogP) is 8.29. The van der Waals surface area contributed by atoms with E-state index in [0.29, 0.717) is 0 Å². The number of rotatable bonds is 0. The molecular weight excluding hydrogens is 592 g/mol. The molecule has 222 valence electrons. The summed E-state index contributed by atoms with van der Waals surface area (Å²) in [6, 6.07) is 0. The van der Waals surface area contributed by atoms with Crippen molar-refractivity contribution >= 4 is 13.6 Å². The van der Waals surface area contributed by atoms with Gasteiger partial charge in [-0.25, -0.2) is 0 Å². The summed E-state index contributed by atoms with van der Waals surface area (Å²) < 4.78 is 0. The van der Waals surface area contributed by atoms with Gasteiger partial charge >= 0.3 is 0 Å². The Morgan fingerprint density at radius 3 is 0.432 bits per heavy atom. The maximum absolute atomic E-state index is 7.75. The second kappa shape index (κ2) is 20.8. The zero-order valence-electron chi connectivity index (χ0n) is 25.4. The van der Waals surface area contributed by atoms with Gasteiger partial charge in [-0.15, -0.1) is 0 Å². The van der Waals surface area contributed by atoms with Crippen molar-refractivity contribution in [3.05, 3.63) is 83.5 Å². The smallest absolute Gasteiger partial charge is 0 e. The molecule has 0 bridgehead atoms. The summed E-state index contributed by atoms with van der Waals surface area (Å²) in [4.78, 5) is 15.5. The molecule has 0 aliphatic rings. The normalized spacial score (nSPS) is 8.73. The summed E-state index contributed by atoms with van der Waals surface area (Å²) in [5, 5.41) is 0. The molecule has 5 heteroatoms. The van der Waals surface area contributed by atoms with E-state index in [2.05, 4.69) is 117 Å². The largest absolute Gasteiger partial charge is 0.545 e. The molecule has 3 aromatic rings. The third-order valence-electron chi connectivity index (χ3n) is 8.44. The Kier molecular flexibility index (Phi) is 25.7. The zero-order chi connectivity index (χ0) is 27.7.